The van der Waals surface area contributed by atoms with E-state index in [1.807, 2.05) is 60.7 Å². The van der Waals surface area contributed by atoms with Crippen LogP contribution in [0.1, 0.15) is 11.1 Å². The van der Waals surface area contributed by atoms with Crippen LogP contribution in [0.25, 0.3) is 11.1 Å². The molecule has 4 rings (SSSR count). The maximum atomic E-state index is 12.4. The van der Waals surface area contributed by atoms with E-state index in [0.717, 1.165) is 28.0 Å². The molecule has 3 aromatic rings. The van der Waals surface area contributed by atoms with Gasteiger partial charge in [-0.05, 0) is 22.8 Å². The van der Waals surface area contributed by atoms with Gasteiger partial charge in [0.2, 0.25) is 0 Å². The molecule has 0 bridgehead atoms. The zero-order valence-corrected chi connectivity index (χ0v) is 15.2. The van der Waals surface area contributed by atoms with Crippen LogP contribution in [0.4, 0.5) is 4.79 Å². The van der Waals surface area contributed by atoms with Gasteiger partial charge in [0.25, 0.3) is 0 Å². The number of hydrogen-bond donors (Lipinski definition) is 0. The van der Waals surface area contributed by atoms with Crippen LogP contribution in [0, 0.1) is 0 Å². The molecular weight excluding hydrogens is 338 g/mol. The van der Waals surface area contributed by atoms with Crippen molar-refractivity contribution < 1.29 is 14.3 Å². The summed E-state index contributed by atoms with van der Waals surface area (Å²) < 4.78 is 11.5. The monoisotopic (exact) mass is 359 g/mol. The highest BCUT2D eigenvalue weighted by Crippen LogP contribution is 2.37. The van der Waals surface area contributed by atoms with Gasteiger partial charge in [0, 0.05) is 19.0 Å². The number of rotatable bonds is 4. The molecule has 1 amide bonds. The van der Waals surface area contributed by atoms with Crippen LogP contribution in [-0.2, 0) is 17.8 Å². The van der Waals surface area contributed by atoms with Crippen LogP contribution in [0.3, 0.4) is 0 Å². The van der Waals surface area contributed by atoms with Gasteiger partial charge in [-0.2, -0.15) is 0 Å². The summed E-state index contributed by atoms with van der Waals surface area (Å²) in [6.07, 6.45) is -0.122. The minimum absolute atomic E-state index is 0.249. The molecular formula is C23H21NO3. The minimum Gasteiger partial charge on any atom is -0.470 e. The predicted octanol–water partition coefficient (Wildman–Crippen LogP) is 4.88. The molecule has 1 heterocycles. The van der Waals surface area contributed by atoms with Crippen molar-refractivity contribution in [3.05, 3.63) is 90.0 Å². The lowest BCUT2D eigenvalue weighted by atomic mass is 9.97. The molecule has 0 spiro atoms. The fourth-order valence-electron chi connectivity index (χ4n) is 3.29. The Morgan fingerprint density at radius 2 is 1.70 bits per heavy atom. The molecule has 0 radical (unpaired) electrons. The lowest BCUT2D eigenvalue weighted by molar-refractivity contribution is 0.0374. The molecule has 27 heavy (non-hydrogen) atoms. The Morgan fingerprint density at radius 3 is 2.44 bits per heavy atom. The van der Waals surface area contributed by atoms with Gasteiger partial charge in [-0.3, -0.25) is 4.90 Å². The second-order valence-corrected chi connectivity index (χ2v) is 6.58. The number of amides is 1. The second kappa shape index (κ2) is 7.54. The van der Waals surface area contributed by atoms with Crippen molar-refractivity contribution >= 4 is 6.09 Å². The number of fused-ring (bicyclic) bond motifs is 1. The second-order valence-electron chi connectivity index (χ2n) is 6.58. The highest BCUT2D eigenvalue weighted by Gasteiger charge is 2.31. The minimum atomic E-state index is -0.391. The maximum absolute atomic E-state index is 12.4. The molecule has 1 unspecified atom stereocenters. The molecule has 4 nitrogen and oxygen atoms in total. The molecule has 1 aliphatic heterocycles. The molecule has 1 atom stereocenters. The van der Waals surface area contributed by atoms with Crippen molar-refractivity contribution in [3.63, 3.8) is 0 Å². The van der Waals surface area contributed by atoms with Gasteiger partial charge in [-0.25, -0.2) is 4.79 Å². The quantitative estimate of drug-likeness (QED) is 0.666. The van der Waals surface area contributed by atoms with Crippen molar-refractivity contribution in [2.24, 2.45) is 0 Å². The summed E-state index contributed by atoms with van der Waals surface area (Å²) in [4.78, 5) is 14.0. The topological polar surface area (TPSA) is 38.8 Å². The number of benzene rings is 3. The normalized spacial score (nSPS) is 14.9. The fourth-order valence-corrected chi connectivity index (χ4v) is 3.29. The van der Waals surface area contributed by atoms with Gasteiger partial charge in [-0.15, -0.1) is 0 Å². The van der Waals surface area contributed by atoms with Crippen molar-refractivity contribution in [2.45, 2.75) is 19.3 Å². The average Bonchev–Trinajstić information content (AvgIpc) is 3.17. The molecule has 4 heteroatoms. The molecule has 0 aliphatic carbocycles. The van der Waals surface area contributed by atoms with E-state index in [1.165, 1.54) is 4.90 Å². The Kier molecular flexibility index (Phi) is 4.79. The number of ether oxygens (including phenoxy) is 2. The SMILES string of the molecule is CN(C(=O)OCc1ccccc1)C1Cc2c(cccc2-c2ccccc2)O1. The molecule has 3 aromatic carbocycles. The molecule has 0 N–H and O–H groups in total. The van der Waals surface area contributed by atoms with E-state index in [2.05, 4.69) is 18.2 Å². The first-order valence-electron chi connectivity index (χ1n) is 9.00. The summed E-state index contributed by atoms with van der Waals surface area (Å²) in [5, 5.41) is 0. The van der Waals surface area contributed by atoms with Crippen molar-refractivity contribution in [2.75, 3.05) is 7.05 Å². The van der Waals surface area contributed by atoms with Crippen molar-refractivity contribution in [1.29, 1.82) is 0 Å². The number of hydrogen-bond acceptors (Lipinski definition) is 3. The average molecular weight is 359 g/mol. The summed E-state index contributed by atoms with van der Waals surface area (Å²) in [6.45, 7) is 0.249. The van der Waals surface area contributed by atoms with Crippen LogP contribution in [0.15, 0.2) is 78.9 Å². The van der Waals surface area contributed by atoms with Crippen LogP contribution in [0.2, 0.25) is 0 Å². The zero-order chi connectivity index (χ0) is 18.6. The third-order valence-electron chi connectivity index (χ3n) is 4.78. The standard InChI is InChI=1S/C23H21NO3/c1-24(23(25)26-16-17-9-4-2-5-10-17)22-15-20-19(13-8-14-21(20)27-22)18-11-6-3-7-12-18/h2-14,22H,15-16H2,1H3. The first-order valence-corrected chi connectivity index (χ1v) is 9.00. The van der Waals surface area contributed by atoms with E-state index in [0.29, 0.717) is 6.42 Å². The number of likely N-dealkylation sites (N-methyl/N-ethyl adjacent to an activating group) is 1. The summed E-state index contributed by atoms with van der Waals surface area (Å²) in [6, 6.07) is 25.9. The highest BCUT2D eigenvalue weighted by atomic mass is 16.6. The van der Waals surface area contributed by atoms with Gasteiger partial charge in [-0.1, -0.05) is 72.8 Å². The predicted molar refractivity (Wildman–Crippen MR) is 104 cm³/mol. The summed E-state index contributed by atoms with van der Waals surface area (Å²) in [5.41, 5.74) is 4.37. The van der Waals surface area contributed by atoms with E-state index < -0.39 is 6.09 Å². The van der Waals surface area contributed by atoms with E-state index in [4.69, 9.17) is 9.47 Å². The first-order chi connectivity index (χ1) is 13.2. The Hall–Kier alpha value is -3.27. The molecule has 0 saturated heterocycles. The third-order valence-corrected chi connectivity index (χ3v) is 4.78. The van der Waals surface area contributed by atoms with E-state index >= 15 is 0 Å². The van der Waals surface area contributed by atoms with Crippen LogP contribution in [0.5, 0.6) is 5.75 Å². The highest BCUT2D eigenvalue weighted by molar-refractivity contribution is 5.72. The van der Waals surface area contributed by atoms with Gasteiger partial charge < -0.3 is 9.47 Å². The largest absolute Gasteiger partial charge is 0.470 e. The first kappa shape index (κ1) is 17.2. The summed E-state index contributed by atoms with van der Waals surface area (Å²) >= 11 is 0. The lowest BCUT2D eigenvalue weighted by Crippen LogP contribution is -2.40. The van der Waals surface area contributed by atoms with E-state index in [1.54, 1.807) is 7.05 Å². The van der Waals surface area contributed by atoms with Crippen LogP contribution < -0.4 is 4.74 Å². The number of nitrogens with zero attached hydrogens (tertiary/aromatic N) is 1. The van der Waals surface area contributed by atoms with Gasteiger partial charge >= 0.3 is 6.09 Å². The summed E-state index contributed by atoms with van der Waals surface area (Å²) in [7, 11) is 1.71. The molecule has 1 aliphatic rings. The van der Waals surface area contributed by atoms with Gasteiger partial charge in [0.05, 0.1) is 0 Å². The molecule has 0 fully saturated rings. The molecule has 136 valence electrons. The summed E-state index contributed by atoms with van der Waals surface area (Å²) in [5.74, 6) is 0.823. The van der Waals surface area contributed by atoms with E-state index in [-0.39, 0.29) is 12.8 Å². The zero-order valence-electron chi connectivity index (χ0n) is 15.2. The van der Waals surface area contributed by atoms with E-state index in [9.17, 15) is 4.79 Å². The number of carbonyl (C=O) groups is 1. The lowest BCUT2D eigenvalue weighted by Gasteiger charge is -2.23. The molecule has 0 aromatic heterocycles. The van der Waals surface area contributed by atoms with Crippen LogP contribution in [-0.4, -0.2) is 24.3 Å². The Labute approximate surface area is 159 Å². The Balaban J connectivity index is 1.45. The van der Waals surface area contributed by atoms with Gasteiger partial charge in [0.1, 0.15) is 12.4 Å². The Bertz CT molecular complexity index is 925. The number of carbonyl (C=O) groups excluding carboxylic acids is 1. The van der Waals surface area contributed by atoms with Crippen molar-refractivity contribution in [3.8, 4) is 16.9 Å². The van der Waals surface area contributed by atoms with Gasteiger partial charge in [0.15, 0.2) is 6.23 Å². The smallest absolute Gasteiger partial charge is 0.412 e. The van der Waals surface area contributed by atoms with Crippen LogP contribution >= 0.6 is 0 Å². The third kappa shape index (κ3) is 3.65. The maximum Gasteiger partial charge on any atom is 0.412 e. The van der Waals surface area contributed by atoms with Crippen molar-refractivity contribution in [1.82, 2.24) is 4.90 Å². The molecule has 0 saturated carbocycles. The fraction of sp³-hybridized carbons (Fsp3) is 0.174. The Morgan fingerprint density at radius 1 is 1.00 bits per heavy atom.